The van der Waals surface area contributed by atoms with Crippen molar-refractivity contribution in [2.24, 2.45) is 11.8 Å². The van der Waals surface area contributed by atoms with Crippen LogP contribution in [-0.2, 0) is 0 Å². The maximum atomic E-state index is 4.43. The minimum absolute atomic E-state index is 0.351. The van der Waals surface area contributed by atoms with E-state index >= 15 is 0 Å². The third kappa shape index (κ3) is 3.06. The SMILES string of the molecule is CC(NC1C(C)CCCC1C)c1ccccn1. The molecule has 1 saturated carbocycles. The Morgan fingerprint density at radius 1 is 1.24 bits per heavy atom. The molecule has 1 aliphatic rings. The van der Waals surface area contributed by atoms with Gasteiger partial charge in [-0.3, -0.25) is 4.98 Å². The topological polar surface area (TPSA) is 24.9 Å². The number of rotatable bonds is 3. The van der Waals surface area contributed by atoms with Crippen molar-refractivity contribution in [3.8, 4) is 0 Å². The van der Waals surface area contributed by atoms with Gasteiger partial charge in [-0.25, -0.2) is 0 Å². The van der Waals surface area contributed by atoms with Crippen LogP contribution in [0.5, 0.6) is 0 Å². The molecule has 1 heterocycles. The van der Waals surface area contributed by atoms with Gasteiger partial charge in [-0.1, -0.05) is 26.3 Å². The summed E-state index contributed by atoms with van der Waals surface area (Å²) in [6.45, 7) is 6.97. The minimum atomic E-state index is 0.351. The summed E-state index contributed by atoms with van der Waals surface area (Å²) in [5.41, 5.74) is 1.15. The van der Waals surface area contributed by atoms with Crippen molar-refractivity contribution in [3.63, 3.8) is 0 Å². The molecule has 1 N–H and O–H groups in total. The zero-order valence-electron chi connectivity index (χ0n) is 11.2. The van der Waals surface area contributed by atoms with Gasteiger partial charge in [0.15, 0.2) is 0 Å². The molecule has 2 heteroatoms. The lowest BCUT2D eigenvalue weighted by Gasteiger charge is -2.37. The number of nitrogens with zero attached hydrogens (tertiary/aromatic N) is 1. The lowest BCUT2D eigenvalue weighted by atomic mass is 9.78. The van der Waals surface area contributed by atoms with Gasteiger partial charge in [0.25, 0.3) is 0 Å². The second-order valence-corrected chi connectivity index (χ2v) is 5.55. The molecule has 1 aromatic heterocycles. The molecule has 0 radical (unpaired) electrons. The van der Waals surface area contributed by atoms with Gasteiger partial charge in [0, 0.05) is 18.3 Å². The van der Waals surface area contributed by atoms with E-state index in [0.717, 1.165) is 17.5 Å². The molecule has 2 nitrogen and oxygen atoms in total. The van der Waals surface area contributed by atoms with Gasteiger partial charge in [0.2, 0.25) is 0 Å². The molecule has 94 valence electrons. The normalized spacial score (nSPS) is 31.1. The van der Waals surface area contributed by atoms with Crippen LogP contribution in [0.1, 0.15) is 51.8 Å². The molecule has 17 heavy (non-hydrogen) atoms. The maximum Gasteiger partial charge on any atom is 0.0570 e. The van der Waals surface area contributed by atoms with Crippen LogP contribution in [0.4, 0.5) is 0 Å². The van der Waals surface area contributed by atoms with E-state index in [9.17, 15) is 0 Å². The van der Waals surface area contributed by atoms with E-state index in [4.69, 9.17) is 0 Å². The molecule has 0 spiro atoms. The van der Waals surface area contributed by atoms with Crippen molar-refractivity contribution in [2.75, 3.05) is 0 Å². The second-order valence-electron chi connectivity index (χ2n) is 5.55. The molecular weight excluding hydrogens is 208 g/mol. The van der Waals surface area contributed by atoms with Gasteiger partial charge >= 0.3 is 0 Å². The largest absolute Gasteiger partial charge is 0.306 e. The summed E-state index contributed by atoms with van der Waals surface area (Å²) in [6, 6.07) is 7.14. The van der Waals surface area contributed by atoms with Gasteiger partial charge < -0.3 is 5.32 Å². The fourth-order valence-electron chi connectivity index (χ4n) is 3.02. The molecule has 0 bridgehead atoms. The first kappa shape index (κ1) is 12.6. The van der Waals surface area contributed by atoms with Crippen LogP contribution in [0.15, 0.2) is 24.4 Å². The molecule has 0 saturated heterocycles. The molecule has 0 aromatic carbocycles. The third-order valence-electron chi connectivity index (χ3n) is 4.12. The van der Waals surface area contributed by atoms with E-state index in [1.165, 1.54) is 19.3 Å². The molecule has 2 rings (SSSR count). The van der Waals surface area contributed by atoms with Crippen LogP contribution in [0.25, 0.3) is 0 Å². The van der Waals surface area contributed by atoms with Crippen molar-refractivity contribution < 1.29 is 0 Å². The Morgan fingerprint density at radius 2 is 1.94 bits per heavy atom. The van der Waals surface area contributed by atoms with Crippen LogP contribution in [-0.4, -0.2) is 11.0 Å². The van der Waals surface area contributed by atoms with Gasteiger partial charge in [-0.2, -0.15) is 0 Å². The Morgan fingerprint density at radius 3 is 2.53 bits per heavy atom. The number of nitrogens with one attached hydrogen (secondary N) is 1. The zero-order chi connectivity index (χ0) is 12.3. The highest BCUT2D eigenvalue weighted by Gasteiger charge is 2.28. The van der Waals surface area contributed by atoms with E-state index in [2.05, 4.69) is 43.2 Å². The maximum absolute atomic E-state index is 4.43. The van der Waals surface area contributed by atoms with Crippen LogP contribution in [0.3, 0.4) is 0 Å². The molecule has 3 unspecified atom stereocenters. The van der Waals surface area contributed by atoms with Crippen molar-refractivity contribution in [3.05, 3.63) is 30.1 Å². The van der Waals surface area contributed by atoms with Crippen molar-refractivity contribution >= 4 is 0 Å². The van der Waals surface area contributed by atoms with Crippen molar-refractivity contribution in [2.45, 2.75) is 52.1 Å². The predicted molar refractivity (Wildman–Crippen MR) is 71.8 cm³/mol. The lowest BCUT2D eigenvalue weighted by Crippen LogP contribution is -2.44. The van der Waals surface area contributed by atoms with Gasteiger partial charge in [0.1, 0.15) is 0 Å². The first-order chi connectivity index (χ1) is 8.18. The van der Waals surface area contributed by atoms with E-state index in [-0.39, 0.29) is 0 Å². The first-order valence-electron chi connectivity index (χ1n) is 6.85. The van der Waals surface area contributed by atoms with Gasteiger partial charge in [-0.05, 0) is 43.7 Å². The Kier molecular flexibility index (Phi) is 4.16. The molecule has 1 fully saturated rings. The summed E-state index contributed by atoms with van der Waals surface area (Å²) >= 11 is 0. The number of pyridine rings is 1. The van der Waals surface area contributed by atoms with Crippen molar-refractivity contribution in [1.82, 2.24) is 10.3 Å². The fraction of sp³-hybridized carbons (Fsp3) is 0.667. The summed E-state index contributed by atoms with van der Waals surface area (Å²) in [5, 5.41) is 3.77. The molecule has 1 aliphatic carbocycles. The number of aromatic nitrogens is 1. The average Bonchev–Trinajstić information content (AvgIpc) is 2.35. The van der Waals surface area contributed by atoms with Crippen LogP contribution in [0, 0.1) is 11.8 Å². The van der Waals surface area contributed by atoms with Crippen LogP contribution in [0.2, 0.25) is 0 Å². The highest BCUT2D eigenvalue weighted by atomic mass is 15.0. The first-order valence-corrected chi connectivity index (χ1v) is 6.85. The zero-order valence-corrected chi connectivity index (χ0v) is 11.2. The van der Waals surface area contributed by atoms with E-state index in [1.54, 1.807) is 0 Å². The van der Waals surface area contributed by atoms with Gasteiger partial charge in [-0.15, -0.1) is 0 Å². The van der Waals surface area contributed by atoms with Gasteiger partial charge in [0.05, 0.1) is 5.69 Å². The van der Waals surface area contributed by atoms with Crippen LogP contribution >= 0.6 is 0 Å². The monoisotopic (exact) mass is 232 g/mol. The molecule has 0 amide bonds. The van der Waals surface area contributed by atoms with Crippen LogP contribution < -0.4 is 5.32 Å². The Hall–Kier alpha value is -0.890. The second kappa shape index (κ2) is 5.63. The van der Waals surface area contributed by atoms with E-state index < -0.39 is 0 Å². The Balaban J connectivity index is 2.00. The fourth-order valence-corrected chi connectivity index (χ4v) is 3.02. The molecule has 0 aliphatic heterocycles. The number of hydrogen-bond acceptors (Lipinski definition) is 2. The standard InChI is InChI=1S/C15H24N2/c1-11-7-6-8-12(2)15(11)17-13(3)14-9-4-5-10-16-14/h4-5,9-13,15,17H,6-8H2,1-3H3. The quantitative estimate of drug-likeness (QED) is 0.862. The number of hydrogen-bond donors (Lipinski definition) is 1. The predicted octanol–water partition coefficient (Wildman–Crippen LogP) is 3.56. The highest BCUT2D eigenvalue weighted by Crippen LogP contribution is 2.30. The highest BCUT2D eigenvalue weighted by molar-refractivity contribution is 5.08. The summed E-state index contributed by atoms with van der Waals surface area (Å²) in [6.07, 6.45) is 5.98. The smallest absolute Gasteiger partial charge is 0.0570 e. The Labute approximate surface area is 105 Å². The molecule has 1 aromatic rings. The molecular formula is C15H24N2. The average molecular weight is 232 g/mol. The van der Waals surface area contributed by atoms with Crippen molar-refractivity contribution in [1.29, 1.82) is 0 Å². The molecule has 3 atom stereocenters. The third-order valence-corrected chi connectivity index (χ3v) is 4.12. The lowest BCUT2D eigenvalue weighted by molar-refractivity contribution is 0.195. The van der Waals surface area contributed by atoms with E-state index in [0.29, 0.717) is 12.1 Å². The summed E-state index contributed by atoms with van der Waals surface area (Å²) in [5.74, 6) is 1.56. The Bertz CT molecular complexity index is 326. The summed E-state index contributed by atoms with van der Waals surface area (Å²) in [4.78, 5) is 4.43. The minimum Gasteiger partial charge on any atom is -0.306 e. The summed E-state index contributed by atoms with van der Waals surface area (Å²) < 4.78 is 0. The van der Waals surface area contributed by atoms with E-state index in [1.807, 2.05) is 12.3 Å². The summed E-state index contributed by atoms with van der Waals surface area (Å²) in [7, 11) is 0.